The summed E-state index contributed by atoms with van der Waals surface area (Å²) in [6, 6.07) is 29.9. The van der Waals surface area contributed by atoms with Crippen LogP contribution in [-0.4, -0.2) is 10.8 Å². The molecule has 0 atom stereocenters. The average molecular weight is 351 g/mol. The topological polar surface area (TPSA) is 49.9 Å². The van der Waals surface area contributed by atoms with Crippen molar-refractivity contribution in [3.05, 3.63) is 119 Å². The Balaban J connectivity index is 1.96. The van der Waals surface area contributed by atoms with E-state index in [2.05, 4.69) is 4.98 Å². The first kappa shape index (κ1) is 16.7. The summed E-state index contributed by atoms with van der Waals surface area (Å²) in [5, 5.41) is 0. The monoisotopic (exact) mass is 351 g/mol. The van der Waals surface area contributed by atoms with E-state index < -0.39 is 0 Å². The van der Waals surface area contributed by atoms with Crippen molar-refractivity contribution < 1.29 is 4.79 Å². The van der Waals surface area contributed by atoms with Gasteiger partial charge in [0.2, 0.25) is 0 Å². The number of ketones is 1. The summed E-state index contributed by atoms with van der Waals surface area (Å²) in [5.41, 5.74) is 3.31. The molecular formula is C24H17NO2. The molecule has 0 spiro atoms. The second kappa shape index (κ2) is 7.26. The maximum absolute atomic E-state index is 13.1. The smallest absolute Gasteiger partial charge is 0.260 e. The fourth-order valence-corrected chi connectivity index (χ4v) is 3.14. The van der Waals surface area contributed by atoms with Crippen molar-refractivity contribution in [2.75, 3.05) is 0 Å². The standard InChI is InChI=1S/C24H17NO2/c26-23(19-14-8-3-9-15-19)22-20(17-10-4-1-5-11-17)16-21(25-24(22)27)18-12-6-2-7-13-18/h1-16H,(H,25,27). The van der Waals surface area contributed by atoms with Crippen LogP contribution in [0, 0.1) is 0 Å². The second-order valence-corrected chi connectivity index (χ2v) is 6.23. The van der Waals surface area contributed by atoms with Gasteiger partial charge >= 0.3 is 0 Å². The summed E-state index contributed by atoms with van der Waals surface area (Å²) in [6.07, 6.45) is 0. The minimum atomic E-state index is -0.385. The molecule has 4 rings (SSSR count). The van der Waals surface area contributed by atoms with Crippen molar-refractivity contribution in [1.29, 1.82) is 0 Å². The number of aromatic amines is 1. The molecule has 27 heavy (non-hydrogen) atoms. The van der Waals surface area contributed by atoms with Crippen LogP contribution in [0.2, 0.25) is 0 Å². The van der Waals surface area contributed by atoms with E-state index in [1.165, 1.54) is 0 Å². The number of H-pyrrole nitrogens is 1. The molecule has 0 aliphatic heterocycles. The Morgan fingerprint density at radius 2 is 1.19 bits per heavy atom. The third-order valence-electron chi connectivity index (χ3n) is 4.47. The lowest BCUT2D eigenvalue weighted by Gasteiger charge is -2.11. The Hall–Kier alpha value is -3.72. The number of hydrogen-bond donors (Lipinski definition) is 1. The van der Waals surface area contributed by atoms with Crippen LogP contribution in [0.15, 0.2) is 102 Å². The summed E-state index contributed by atoms with van der Waals surface area (Å²) < 4.78 is 0. The van der Waals surface area contributed by atoms with Crippen molar-refractivity contribution >= 4 is 5.78 Å². The Bertz CT molecular complexity index is 1130. The highest BCUT2D eigenvalue weighted by Gasteiger charge is 2.20. The molecule has 0 fully saturated rings. The zero-order valence-electron chi connectivity index (χ0n) is 14.6. The van der Waals surface area contributed by atoms with Crippen LogP contribution in [0.1, 0.15) is 15.9 Å². The molecule has 0 saturated carbocycles. The molecule has 3 aromatic carbocycles. The molecule has 1 N–H and O–H groups in total. The molecule has 0 aliphatic rings. The van der Waals surface area contributed by atoms with Crippen LogP contribution in [0.25, 0.3) is 22.4 Å². The summed E-state index contributed by atoms with van der Waals surface area (Å²) in [6.45, 7) is 0. The van der Waals surface area contributed by atoms with Crippen LogP contribution < -0.4 is 5.56 Å². The molecule has 0 bridgehead atoms. The number of benzene rings is 3. The van der Waals surface area contributed by atoms with Gasteiger partial charge in [0, 0.05) is 16.8 Å². The number of hydrogen-bond acceptors (Lipinski definition) is 2. The van der Waals surface area contributed by atoms with E-state index in [1.807, 2.05) is 72.8 Å². The van der Waals surface area contributed by atoms with Crippen LogP contribution in [-0.2, 0) is 0 Å². The van der Waals surface area contributed by atoms with E-state index >= 15 is 0 Å². The highest BCUT2D eigenvalue weighted by molar-refractivity contribution is 6.12. The van der Waals surface area contributed by atoms with E-state index in [-0.39, 0.29) is 16.9 Å². The minimum Gasteiger partial charge on any atom is -0.321 e. The van der Waals surface area contributed by atoms with Gasteiger partial charge in [0.25, 0.3) is 5.56 Å². The van der Waals surface area contributed by atoms with Gasteiger partial charge in [-0.1, -0.05) is 91.0 Å². The summed E-state index contributed by atoms with van der Waals surface area (Å²) in [7, 11) is 0. The normalized spacial score (nSPS) is 10.5. The summed E-state index contributed by atoms with van der Waals surface area (Å²) in [4.78, 5) is 28.9. The first-order valence-electron chi connectivity index (χ1n) is 8.72. The fourth-order valence-electron chi connectivity index (χ4n) is 3.14. The zero-order valence-corrected chi connectivity index (χ0v) is 14.6. The summed E-state index contributed by atoms with van der Waals surface area (Å²) >= 11 is 0. The molecule has 1 heterocycles. The molecule has 130 valence electrons. The van der Waals surface area contributed by atoms with Gasteiger partial charge in [-0.2, -0.15) is 0 Å². The van der Waals surface area contributed by atoms with Crippen LogP contribution in [0.3, 0.4) is 0 Å². The molecule has 4 aromatic rings. The molecule has 0 saturated heterocycles. The molecule has 0 unspecified atom stereocenters. The molecule has 3 nitrogen and oxygen atoms in total. The quantitative estimate of drug-likeness (QED) is 0.530. The summed E-state index contributed by atoms with van der Waals surface area (Å²) in [5.74, 6) is -0.282. The lowest BCUT2D eigenvalue weighted by atomic mass is 9.94. The van der Waals surface area contributed by atoms with E-state index in [0.717, 1.165) is 11.1 Å². The van der Waals surface area contributed by atoms with Gasteiger partial charge in [-0.15, -0.1) is 0 Å². The van der Waals surface area contributed by atoms with Crippen molar-refractivity contribution in [2.24, 2.45) is 0 Å². The lowest BCUT2D eigenvalue weighted by molar-refractivity contribution is 0.103. The second-order valence-electron chi connectivity index (χ2n) is 6.23. The Morgan fingerprint density at radius 3 is 1.78 bits per heavy atom. The number of pyridine rings is 1. The van der Waals surface area contributed by atoms with Gasteiger partial charge in [-0.25, -0.2) is 0 Å². The number of rotatable bonds is 4. The fraction of sp³-hybridized carbons (Fsp3) is 0. The number of nitrogens with one attached hydrogen (secondary N) is 1. The van der Waals surface area contributed by atoms with Gasteiger partial charge < -0.3 is 4.98 Å². The zero-order chi connectivity index (χ0) is 18.6. The van der Waals surface area contributed by atoms with Crippen LogP contribution >= 0.6 is 0 Å². The molecule has 3 heteroatoms. The number of aromatic nitrogens is 1. The lowest BCUT2D eigenvalue weighted by Crippen LogP contribution is -2.20. The van der Waals surface area contributed by atoms with Crippen molar-refractivity contribution in [3.8, 4) is 22.4 Å². The minimum absolute atomic E-state index is 0.159. The largest absolute Gasteiger partial charge is 0.321 e. The maximum atomic E-state index is 13.1. The average Bonchev–Trinajstić information content (AvgIpc) is 2.74. The molecule has 0 amide bonds. The van der Waals surface area contributed by atoms with Gasteiger partial charge in [-0.05, 0) is 17.2 Å². The number of carbonyl (C=O) groups is 1. The molecular weight excluding hydrogens is 334 g/mol. The first-order chi connectivity index (χ1) is 13.2. The predicted octanol–water partition coefficient (Wildman–Crippen LogP) is 4.94. The van der Waals surface area contributed by atoms with E-state index in [4.69, 9.17) is 0 Å². The van der Waals surface area contributed by atoms with Crippen molar-refractivity contribution in [2.45, 2.75) is 0 Å². The van der Waals surface area contributed by atoms with Crippen molar-refractivity contribution in [1.82, 2.24) is 4.98 Å². The Labute approximate surface area is 157 Å². The first-order valence-corrected chi connectivity index (χ1v) is 8.72. The SMILES string of the molecule is O=C(c1ccccc1)c1c(-c2ccccc2)cc(-c2ccccc2)[nH]c1=O. The van der Waals surface area contributed by atoms with Gasteiger partial charge in [-0.3, -0.25) is 9.59 Å². The van der Waals surface area contributed by atoms with Crippen molar-refractivity contribution in [3.63, 3.8) is 0 Å². The highest BCUT2D eigenvalue weighted by Crippen LogP contribution is 2.27. The van der Waals surface area contributed by atoms with E-state index in [0.29, 0.717) is 16.8 Å². The van der Waals surface area contributed by atoms with Gasteiger partial charge in [0.05, 0.1) is 5.56 Å². The third-order valence-corrected chi connectivity index (χ3v) is 4.47. The van der Waals surface area contributed by atoms with Gasteiger partial charge in [0.15, 0.2) is 5.78 Å². The predicted molar refractivity (Wildman–Crippen MR) is 108 cm³/mol. The maximum Gasteiger partial charge on any atom is 0.260 e. The Kier molecular flexibility index (Phi) is 4.50. The number of carbonyl (C=O) groups excluding carboxylic acids is 1. The molecule has 1 aromatic heterocycles. The van der Waals surface area contributed by atoms with Gasteiger partial charge in [0.1, 0.15) is 0 Å². The van der Waals surface area contributed by atoms with Crippen LogP contribution in [0.5, 0.6) is 0 Å². The van der Waals surface area contributed by atoms with E-state index in [1.54, 1.807) is 24.3 Å². The molecule has 0 aliphatic carbocycles. The highest BCUT2D eigenvalue weighted by atomic mass is 16.1. The molecule has 0 radical (unpaired) electrons. The van der Waals surface area contributed by atoms with Crippen LogP contribution in [0.4, 0.5) is 0 Å². The third kappa shape index (κ3) is 3.35. The Morgan fingerprint density at radius 1 is 0.667 bits per heavy atom. The van der Waals surface area contributed by atoms with E-state index in [9.17, 15) is 9.59 Å².